The lowest BCUT2D eigenvalue weighted by Crippen LogP contribution is -2.08. The van der Waals surface area contributed by atoms with Crippen molar-refractivity contribution in [2.24, 2.45) is 0 Å². The van der Waals surface area contributed by atoms with Crippen molar-refractivity contribution in [2.45, 2.75) is 0 Å². The first-order valence-corrected chi connectivity index (χ1v) is 8.58. The van der Waals surface area contributed by atoms with Gasteiger partial charge in [-0.3, -0.25) is 0 Å². The Bertz CT molecular complexity index is 826. The summed E-state index contributed by atoms with van der Waals surface area (Å²) < 4.78 is 10.4. The first-order valence-electron chi connectivity index (χ1n) is 6.44. The number of halogens is 1. The van der Waals surface area contributed by atoms with E-state index in [9.17, 15) is 9.59 Å². The molecule has 0 fully saturated rings. The molecule has 7 heteroatoms. The fraction of sp³-hybridized carbons (Fsp3) is 0. The Kier molecular flexibility index (Phi) is 4.76. The second-order valence-electron chi connectivity index (χ2n) is 4.33. The fourth-order valence-electron chi connectivity index (χ4n) is 1.72. The molecule has 1 aromatic carbocycles. The molecule has 0 aliphatic heterocycles. The minimum atomic E-state index is -0.481. The van der Waals surface area contributed by atoms with Crippen molar-refractivity contribution in [1.29, 1.82) is 0 Å². The lowest BCUT2D eigenvalue weighted by molar-refractivity contribution is 0.0724. The zero-order valence-corrected chi connectivity index (χ0v) is 13.9. The van der Waals surface area contributed by atoms with Crippen LogP contribution in [0.2, 0.25) is 5.02 Å². The smallest absolute Gasteiger partial charge is 0.353 e. The van der Waals surface area contributed by atoms with Crippen LogP contribution in [0.15, 0.2) is 53.2 Å². The molecule has 0 radical (unpaired) electrons. The summed E-state index contributed by atoms with van der Waals surface area (Å²) in [5.41, 5.74) is 0. The van der Waals surface area contributed by atoms with Crippen molar-refractivity contribution in [3.63, 3.8) is 0 Å². The maximum absolute atomic E-state index is 11.9. The van der Waals surface area contributed by atoms with E-state index in [1.54, 1.807) is 35.0 Å². The van der Waals surface area contributed by atoms with E-state index >= 15 is 0 Å². The topological polar surface area (TPSA) is 52.6 Å². The van der Waals surface area contributed by atoms with Gasteiger partial charge in [0.2, 0.25) is 0 Å². The molecule has 0 unspecified atom stereocenters. The van der Waals surface area contributed by atoms with Gasteiger partial charge >= 0.3 is 11.9 Å². The molecule has 2 heterocycles. The van der Waals surface area contributed by atoms with E-state index in [-0.39, 0.29) is 16.5 Å². The predicted octanol–water partition coefficient (Wildman–Crippen LogP) is 4.90. The molecule has 0 bridgehead atoms. The highest BCUT2D eigenvalue weighted by Gasteiger charge is 2.14. The molecule has 0 N–H and O–H groups in total. The van der Waals surface area contributed by atoms with Crippen molar-refractivity contribution >= 4 is 46.2 Å². The molecule has 0 aliphatic carbocycles. The van der Waals surface area contributed by atoms with Crippen molar-refractivity contribution in [1.82, 2.24) is 0 Å². The van der Waals surface area contributed by atoms with Gasteiger partial charge in [-0.05, 0) is 35.0 Å². The summed E-state index contributed by atoms with van der Waals surface area (Å²) in [5, 5.41) is 3.76. The summed E-state index contributed by atoms with van der Waals surface area (Å²) in [6.07, 6.45) is 0. The van der Waals surface area contributed by atoms with E-state index in [0.717, 1.165) is 0 Å². The Labute approximate surface area is 144 Å². The van der Waals surface area contributed by atoms with Crippen LogP contribution >= 0.6 is 34.3 Å². The first-order chi connectivity index (χ1) is 11.1. The molecule has 0 saturated heterocycles. The highest BCUT2D eigenvalue weighted by Crippen LogP contribution is 2.30. The normalized spacial score (nSPS) is 10.3. The Balaban J connectivity index is 1.71. The second kappa shape index (κ2) is 6.95. The summed E-state index contributed by atoms with van der Waals surface area (Å²) in [4.78, 5) is 24.7. The summed E-state index contributed by atoms with van der Waals surface area (Å²) in [6.45, 7) is 0. The molecule has 0 aliphatic rings. The number of carbonyl (C=O) groups excluding carboxylic acids is 2. The lowest BCUT2D eigenvalue weighted by atomic mass is 10.3. The van der Waals surface area contributed by atoms with Gasteiger partial charge in [0, 0.05) is 6.07 Å². The highest BCUT2D eigenvalue weighted by molar-refractivity contribution is 7.12. The van der Waals surface area contributed by atoms with Crippen LogP contribution in [-0.2, 0) is 0 Å². The van der Waals surface area contributed by atoms with Crippen LogP contribution in [-0.4, -0.2) is 11.9 Å². The van der Waals surface area contributed by atoms with Gasteiger partial charge in [-0.1, -0.05) is 23.7 Å². The van der Waals surface area contributed by atoms with Crippen LogP contribution < -0.4 is 9.47 Å². The van der Waals surface area contributed by atoms with Gasteiger partial charge in [-0.2, -0.15) is 0 Å². The largest absolute Gasteiger partial charge is 0.422 e. The summed E-state index contributed by atoms with van der Waals surface area (Å²) >= 11 is 8.65. The molecule has 2 aromatic heterocycles. The standard InChI is InChI=1S/C16H9ClO4S2/c17-11-9-10(20-15(18)13-3-1-7-22-13)5-6-12(11)21-16(19)14-4-2-8-23-14/h1-9H. The fourth-order valence-corrected chi connectivity index (χ4v) is 3.13. The van der Waals surface area contributed by atoms with Crippen molar-refractivity contribution in [3.8, 4) is 11.5 Å². The molecular weight excluding hydrogens is 356 g/mol. The number of benzene rings is 1. The van der Waals surface area contributed by atoms with E-state index < -0.39 is 11.9 Å². The van der Waals surface area contributed by atoms with Gasteiger partial charge in [0.1, 0.15) is 21.3 Å². The molecule has 3 aromatic rings. The third-order valence-electron chi connectivity index (χ3n) is 2.76. The quantitative estimate of drug-likeness (QED) is 0.488. The van der Waals surface area contributed by atoms with Gasteiger partial charge in [-0.15, -0.1) is 22.7 Å². The van der Waals surface area contributed by atoms with Crippen molar-refractivity contribution in [2.75, 3.05) is 0 Å². The van der Waals surface area contributed by atoms with Gasteiger partial charge < -0.3 is 9.47 Å². The SMILES string of the molecule is O=C(Oc1ccc(OC(=O)c2cccs2)c(Cl)c1)c1cccs1. The lowest BCUT2D eigenvalue weighted by Gasteiger charge is -2.07. The van der Waals surface area contributed by atoms with Crippen molar-refractivity contribution in [3.05, 3.63) is 68.0 Å². The number of carbonyl (C=O) groups is 2. The van der Waals surface area contributed by atoms with Crippen LogP contribution in [0.3, 0.4) is 0 Å². The van der Waals surface area contributed by atoms with E-state index in [1.807, 2.05) is 0 Å². The molecule has 3 rings (SSSR count). The zero-order valence-electron chi connectivity index (χ0n) is 11.5. The Morgan fingerprint density at radius 1 is 0.870 bits per heavy atom. The Hall–Kier alpha value is -2.15. The molecule has 0 saturated carbocycles. The summed E-state index contributed by atoms with van der Waals surface area (Å²) in [6, 6.07) is 11.3. The first kappa shape index (κ1) is 15.7. The molecule has 23 heavy (non-hydrogen) atoms. The van der Waals surface area contributed by atoms with Crippen LogP contribution in [0.5, 0.6) is 11.5 Å². The van der Waals surface area contributed by atoms with Crippen molar-refractivity contribution < 1.29 is 19.1 Å². The number of esters is 2. The Morgan fingerprint density at radius 2 is 1.48 bits per heavy atom. The maximum atomic E-state index is 11.9. The van der Waals surface area contributed by atoms with Gasteiger partial charge in [-0.25, -0.2) is 9.59 Å². The van der Waals surface area contributed by atoms with Crippen LogP contribution in [0.25, 0.3) is 0 Å². The number of hydrogen-bond acceptors (Lipinski definition) is 6. The summed E-state index contributed by atoms with van der Waals surface area (Å²) in [5.74, 6) is -0.449. The number of hydrogen-bond donors (Lipinski definition) is 0. The van der Waals surface area contributed by atoms with Crippen LogP contribution in [0.1, 0.15) is 19.3 Å². The number of thiophene rings is 2. The minimum Gasteiger partial charge on any atom is -0.422 e. The van der Waals surface area contributed by atoms with E-state index in [0.29, 0.717) is 9.75 Å². The zero-order chi connectivity index (χ0) is 16.2. The molecule has 0 spiro atoms. The third-order valence-corrected chi connectivity index (χ3v) is 4.76. The minimum absolute atomic E-state index is 0.186. The molecular formula is C16H9ClO4S2. The molecule has 4 nitrogen and oxygen atoms in total. The van der Waals surface area contributed by atoms with Gasteiger partial charge in [0.25, 0.3) is 0 Å². The average molecular weight is 365 g/mol. The van der Waals surface area contributed by atoms with Crippen LogP contribution in [0.4, 0.5) is 0 Å². The van der Waals surface area contributed by atoms with Gasteiger partial charge in [0.05, 0.1) is 5.02 Å². The molecule has 0 amide bonds. The second-order valence-corrected chi connectivity index (χ2v) is 6.63. The maximum Gasteiger partial charge on any atom is 0.353 e. The average Bonchev–Trinajstić information content (AvgIpc) is 3.23. The summed E-state index contributed by atoms with van der Waals surface area (Å²) in [7, 11) is 0. The Morgan fingerprint density at radius 3 is 2.00 bits per heavy atom. The number of ether oxygens (including phenoxy) is 2. The van der Waals surface area contributed by atoms with Crippen LogP contribution in [0, 0.1) is 0 Å². The van der Waals surface area contributed by atoms with E-state index in [2.05, 4.69) is 0 Å². The van der Waals surface area contributed by atoms with Gasteiger partial charge in [0.15, 0.2) is 0 Å². The molecule has 0 atom stereocenters. The monoisotopic (exact) mass is 364 g/mol. The van der Waals surface area contributed by atoms with E-state index in [4.69, 9.17) is 21.1 Å². The predicted molar refractivity (Wildman–Crippen MR) is 90.0 cm³/mol. The van der Waals surface area contributed by atoms with E-state index in [1.165, 1.54) is 40.9 Å². The third kappa shape index (κ3) is 3.79. The number of rotatable bonds is 4. The molecule has 116 valence electrons. The highest BCUT2D eigenvalue weighted by atomic mass is 35.5.